The lowest BCUT2D eigenvalue weighted by Crippen LogP contribution is -2.29. The summed E-state index contributed by atoms with van der Waals surface area (Å²) in [7, 11) is 0. The number of hydrogen-bond donors (Lipinski definition) is 1. The Kier molecular flexibility index (Phi) is 3.14. The predicted octanol–water partition coefficient (Wildman–Crippen LogP) is 3.32. The Morgan fingerprint density at radius 3 is 2.30 bits per heavy atom. The molecule has 2 unspecified atom stereocenters. The second-order valence-electron chi connectivity index (χ2n) is 6.83. The van der Waals surface area contributed by atoms with Crippen LogP contribution in [0.5, 0.6) is 0 Å². The molecule has 3 heteroatoms. The zero-order chi connectivity index (χ0) is 16.3. The molecule has 1 aromatic rings. The van der Waals surface area contributed by atoms with Crippen LogP contribution in [0.3, 0.4) is 0 Å². The minimum absolute atomic E-state index is 0.0111. The molecule has 23 heavy (non-hydrogen) atoms. The summed E-state index contributed by atoms with van der Waals surface area (Å²) in [5.41, 5.74) is 4.33. The predicted molar refractivity (Wildman–Crippen MR) is 87.9 cm³/mol. The van der Waals surface area contributed by atoms with Gasteiger partial charge in [0.2, 0.25) is 0 Å². The number of fused-ring (bicyclic) bond motifs is 5. The van der Waals surface area contributed by atoms with Gasteiger partial charge < -0.3 is 9.84 Å². The number of aliphatic hydroxyl groups excluding tert-OH is 1. The Labute approximate surface area is 136 Å². The summed E-state index contributed by atoms with van der Waals surface area (Å²) < 4.78 is 5.84. The number of allylic oxidation sites excluding steroid dienone is 1. The van der Waals surface area contributed by atoms with E-state index in [9.17, 15) is 9.90 Å². The largest absolute Gasteiger partial charge is 0.511 e. The molecular formula is C20H20O3. The quantitative estimate of drug-likeness (QED) is 0.810. The van der Waals surface area contributed by atoms with E-state index >= 15 is 0 Å². The number of hydrogen-bond acceptors (Lipinski definition) is 3. The smallest absolute Gasteiger partial charge is 0.173 e. The van der Waals surface area contributed by atoms with E-state index in [1.54, 1.807) is 0 Å². The summed E-state index contributed by atoms with van der Waals surface area (Å²) in [5.74, 6) is 5.94. The molecule has 0 radical (unpaired) electrons. The monoisotopic (exact) mass is 308 g/mol. The van der Waals surface area contributed by atoms with Gasteiger partial charge in [-0.3, -0.25) is 4.79 Å². The van der Waals surface area contributed by atoms with Crippen LogP contribution in [0.2, 0.25) is 0 Å². The van der Waals surface area contributed by atoms with Crippen LogP contribution in [0.25, 0.3) is 5.57 Å². The number of carbonyl (C=O) groups is 1. The molecule has 0 saturated carbocycles. The minimum atomic E-state index is -0.183. The number of aliphatic hydroxyl groups is 1. The molecule has 2 bridgehead atoms. The summed E-state index contributed by atoms with van der Waals surface area (Å²) in [6.07, 6.45) is 1.88. The van der Waals surface area contributed by atoms with Crippen molar-refractivity contribution in [1.29, 1.82) is 0 Å². The van der Waals surface area contributed by atoms with E-state index in [1.165, 1.54) is 0 Å². The number of ether oxygens (including phenoxy) is 1. The van der Waals surface area contributed by atoms with Crippen molar-refractivity contribution in [1.82, 2.24) is 0 Å². The molecule has 2 aliphatic heterocycles. The summed E-state index contributed by atoms with van der Waals surface area (Å²) >= 11 is 0. The lowest BCUT2D eigenvalue weighted by Gasteiger charge is -2.19. The summed E-state index contributed by atoms with van der Waals surface area (Å²) in [4.78, 5) is 13.0. The average Bonchev–Trinajstić information content (AvgIpc) is 3.16. The summed E-state index contributed by atoms with van der Waals surface area (Å²) in [6.45, 7) is 5.77. The summed E-state index contributed by atoms with van der Waals surface area (Å²) in [5, 5.41) is 10.8. The molecule has 118 valence electrons. The fourth-order valence-corrected chi connectivity index (χ4v) is 4.64. The number of benzene rings is 1. The van der Waals surface area contributed by atoms with E-state index < -0.39 is 0 Å². The molecule has 0 amide bonds. The van der Waals surface area contributed by atoms with E-state index in [4.69, 9.17) is 4.74 Å². The maximum Gasteiger partial charge on any atom is 0.173 e. The third-order valence-corrected chi connectivity index (χ3v) is 5.45. The van der Waals surface area contributed by atoms with Crippen LogP contribution < -0.4 is 0 Å². The van der Waals surface area contributed by atoms with Gasteiger partial charge in [-0.2, -0.15) is 0 Å². The van der Waals surface area contributed by atoms with Crippen molar-refractivity contribution in [2.24, 2.45) is 11.8 Å². The average molecular weight is 308 g/mol. The van der Waals surface area contributed by atoms with Gasteiger partial charge in [0.15, 0.2) is 5.78 Å². The highest BCUT2D eigenvalue weighted by atomic mass is 16.5. The molecular weight excluding hydrogens is 288 g/mol. The summed E-state index contributed by atoms with van der Waals surface area (Å²) in [6, 6.07) is 3.98. The normalized spacial score (nSPS) is 31.3. The molecule has 1 aromatic carbocycles. The Morgan fingerprint density at radius 1 is 1.13 bits per heavy atom. The van der Waals surface area contributed by atoms with E-state index in [0.29, 0.717) is 5.57 Å². The van der Waals surface area contributed by atoms with Crippen LogP contribution >= 0.6 is 0 Å². The second-order valence-corrected chi connectivity index (χ2v) is 6.83. The topological polar surface area (TPSA) is 46.5 Å². The SMILES string of the molecule is CC#Cc1cc(C)c(C2=C(O)[C@@H]3C4CCC(O4)[C@@H]3C2=O)c(C)c1. The van der Waals surface area contributed by atoms with Crippen molar-refractivity contribution in [2.75, 3.05) is 0 Å². The van der Waals surface area contributed by atoms with Gasteiger partial charge in [-0.1, -0.05) is 5.92 Å². The lowest BCUT2D eigenvalue weighted by atomic mass is 9.80. The third-order valence-electron chi connectivity index (χ3n) is 5.45. The van der Waals surface area contributed by atoms with Gasteiger partial charge in [-0.05, 0) is 62.4 Å². The van der Waals surface area contributed by atoms with Crippen molar-refractivity contribution in [3.8, 4) is 11.8 Å². The van der Waals surface area contributed by atoms with Gasteiger partial charge in [-0.15, -0.1) is 5.92 Å². The van der Waals surface area contributed by atoms with E-state index in [1.807, 2.05) is 32.9 Å². The highest BCUT2D eigenvalue weighted by Crippen LogP contribution is 2.54. The van der Waals surface area contributed by atoms with E-state index in [-0.39, 0.29) is 35.6 Å². The van der Waals surface area contributed by atoms with Crippen molar-refractivity contribution in [3.63, 3.8) is 0 Å². The molecule has 2 fully saturated rings. The first kappa shape index (κ1) is 14.5. The number of Topliss-reactive ketones (excluding diaryl/α,β-unsaturated/α-hetero) is 1. The van der Waals surface area contributed by atoms with Crippen LogP contribution in [-0.2, 0) is 9.53 Å². The fraction of sp³-hybridized carbons (Fsp3) is 0.450. The Morgan fingerprint density at radius 2 is 1.74 bits per heavy atom. The maximum absolute atomic E-state index is 13.0. The van der Waals surface area contributed by atoms with Crippen molar-refractivity contribution in [3.05, 3.63) is 40.1 Å². The molecule has 4 atom stereocenters. The van der Waals surface area contributed by atoms with Gasteiger partial charge in [0.05, 0.1) is 29.6 Å². The van der Waals surface area contributed by atoms with Crippen LogP contribution in [0.4, 0.5) is 0 Å². The zero-order valence-electron chi connectivity index (χ0n) is 13.6. The first-order valence-corrected chi connectivity index (χ1v) is 8.20. The fourth-order valence-electron chi connectivity index (χ4n) is 4.64. The second kappa shape index (κ2) is 4.97. The molecule has 1 N–H and O–H groups in total. The standard InChI is InChI=1S/C20H20O3/c1-4-5-12-8-10(2)15(11(3)9-12)18-19(21)16-13-6-7-14(23-13)17(16)20(18)22/h8-9,13-14,16-17,21H,6-7H2,1-3H3/t13?,14?,16-,17+/m1/s1. The Balaban J connectivity index is 1.85. The number of ketones is 1. The molecule has 3 aliphatic rings. The number of aryl methyl sites for hydroxylation is 2. The van der Waals surface area contributed by atoms with Crippen molar-refractivity contribution in [2.45, 2.75) is 45.8 Å². The third kappa shape index (κ3) is 1.91. The first-order valence-electron chi connectivity index (χ1n) is 8.20. The molecule has 0 aromatic heterocycles. The molecule has 4 rings (SSSR count). The number of rotatable bonds is 1. The van der Waals surface area contributed by atoms with Gasteiger partial charge in [0.25, 0.3) is 0 Å². The van der Waals surface area contributed by atoms with Crippen LogP contribution in [-0.4, -0.2) is 23.1 Å². The van der Waals surface area contributed by atoms with Gasteiger partial charge in [-0.25, -0.2) is 0 Å². The van der Waals surface area contributed by atoms with E-state index in [0.717, 1.165) is 35.1 Å². The Bertz CT molecular complexity index is 783. The van der Waals surface area contributed by atoms with Crippen LogP contribution in [0, 0.1) is 37.5 Å². The molecule has 3 nitrogen and oxygen atoms in total. The molecule has 2 saturated heterocycles. The van der Waals surface area contributed by atoms with Crippen LogP contribution in [0.15, 0.2) is 17.9 Å². The Hall–Kier alpha value is -2.05. The highest BCUT2D eigenvalue weighted by Gasteiger charge is 2.59. The number of carbonyl (C=O) groups excluding carboxylic acids is 1. The maximum atomic E-state index is 13.0. The van der Waals surface area contributed by atoms with Gasteiger partial charge >= 0.3 is 0 Å². The molecule has 2 heterocycles. The minimum Gasteiger partial charge on any atom is -0.511 e. The van der Waals surface area contributed by atoms with Gasteiger partial charge in [0, 0.05) is 5.56 Å². The zero-order valence-corrected chi connectivity index (χ0v) is 13.6. The van der Waals surface area contributed by atoms with Crippen LogP contribution in [0.1, 0.15) is 42.0 Å². The first-order chi connectivity index (χ1) is 11.0. The lowest BCUT2D eigenvalue weighted by molar-refractivity contribution is -0.118. The van der Waals surface area contributed by atoms with E-state index in [2.05, 4.69) is 11.8 Å². The molecule has 1 aliphatic carbocycles. The van der Waals surface area contributed by atoms with Gasteiger partial charge in [0.1, 0.15) is 5.76 Å². The highest BCUT2D eigenvalue weighted by molar-refractivity contribution is 6.26. The van der Waals surface area contributed by atoms with Crippen molar-refractivity contribution < 1.29 is 14.6 Å². The van der Waals surface area contributed by atoms with Crippen molar-refractivity contribution >= 4 is 11.4 Å². The molecule has 0 spiro atoms.